The molecule has 5 heteroatoms. The van der Waals surface area contributed by atoms with Gasteiger partial charge in [0, 0.05) is 32.1 Å². The van der Waals surface area contributed by atoms with Crippen molar-refractivity contribution in [1.29, 1.82) is 0 Å². The number of amides is 1. The Balaban J connectivity index is 1.60. The summed E-state index contributed by atoms with van der Waals surface area (Å²) in [4.78, 5) is 18.8. The van der Waals surface area contributed by atoms with Crippen molar-refractivity contribution in [2.24, 2.45) is 11.7 Å². The number of hydrogen-bond acceptors (Lipinski definition) is 3. The van der Waals surface area contributed by atoms with E-state index in [1.807, 2.05) is 42.4 Å². The van der Waals surface area contributed by atoms with Crippen LogP contribution < -0.4 is 5.73 Å². The van der Waals surface area contributed by atoms with Crippen LogP contribution in [0.1, 0.15) is 26.2 Å². The third kappa shape index (κ3) is 3.14. The van der Waals surface area contributed by atoms with Gasteiger partial charge in [0.15, 0.2) is 0 Å². The Bertz CT molecular complexity index is 649. The molecule has 1 aromatic carbocycles. The van der Waals surface area contributed by atoms with Gasteiger partial charge in [-0.1, -0.05) is 12.1 Å². The van der Waals surface area contributed by atoms with Crippen LogP contribution in [0.25, 0.3) is 11.0 Å². The van der Waals surface area contributed by atoms with Crippen LogP contribution in [0, 0.1) is 5.92 Å². The highest BCUT2D eigenvalue weighted by molar-refractivity contribution is 5.77. The minimum Gasteiger partial charge on any atom is -0.342 e. The van der Waals surface area contributed by atoms with Gasteiger partial charge >= 0.3 is 0 Å². The highest BCUT2D eigenvalue weighted by Crippen LogP contribution is 2.20. The second-order valence-corrected chi connectivity index (χ2v) is 6.28. The van der Waals surface area contributed by atoms with Crippen molar-refractivity contribution in [2.45, 2.75) is 38.8 Å². The van der Waals surface area contributed by atoms with E-state index in [1.165, 1.54) is 0 Å². The van der Waals surface area contributed by atoms with Crippen molar-refractivity contribution >= 4 is 16.9 Å². The summed E-state index contributed by atoms with van der Waals surface area (Å²) in [6, 6.07) is 8.17. The zero-order valence-corrected chi connectivity index (χ0v) is 13.1. The first-order valence-corrected chi connectivity index (χ1v) is 8.08. The number of rotatable bonds is 4. The van der Waals surface area contributed by atoms with Crippen molar-refractivity contribution in [1.82, 2.24) is 14.5 Å². The van der Waals surface area contributed by atoms with E-state index in [9.17, 15) is 4.79 Å². The summed E-state index contributed by atoms with van der Waals surface area (Å²) in [7, 11) is 0. The van der Waals surface area contributed by atoms with E-state index < -0.39 is 0 Å². The van der Waals surface area contributed by atoms with E-state index in [4.69, 9.17) is 5.73 Å². The van der Waals surface area contributed by atoms with Crippen molar-refractivity contribution in [3.05, 3.63) is 30.6 Å². The summed E-state index contributed by atoms with van der Waals surface area (Å²) >= 11 is 0. The Morgan fingerprint density at radius 2 is 2.27 bits per heavy atom. The molecule has 0 bridgehead atoms. The lowest BCUT2D eigenvalue weighted by Crippen LogP contribution is -2.45. The molecule has 0 aliphatic carbocycles. The minimum absolute atomic E-state index is 0.160. The normalized spacial score (nSPS) is 20.3. The van der Waals surface area contributed by atoms with Crippen LogP contribution in [0.15, 0.2) is 30.6 Å². The SMILES string of the molecule is CC(N)C1CCCN(C(=O)CCn2cnc3ccccc32)C1. The van der Waals surface area contributed by atoms with Crippen molar-refractivity contribution in [3.63, 3.8) is 0 Å². The highest BCUT2D eigenvalue weighted by atomic mass is 16.2. The number of nitrogens with two attached hydrogens (primary N) is 1. The number of carbonyl (C=O) groups excluding carboxylic acids is 1. The number of aryl methyl sites for hydroxylation is 1. The first-order chi connectivity index (χ1) is 10.6. The van der Waals surface area contributed by atoms with E-state index in [-0.39, 0.29) is 11.9 Å². The van der Waals surface area contributed by atoms with Gasteiger partial charge in [-0.3, -0.25) is 4.79 Å². The number of likely N-dealkylation sites (tertiary alicyclic amines) is 1. The van der Waals surface area contributed by atoms with Crippen LogP contribution in [-0.2, 0) is 11.3 Å². The van der Waals surface area contributed by atoms with Gasteiger partial charge in [0.1, 0.15) is 0 Å². The van der Waals surface area contributed by atoms with Gasteiger partial charge in [-0.2, -0.15) is 0 Å². The Morgan fingerprint density at radius 3 is 3.09 bits per heavy atom. The van der Waals surface area contributed by atoms with Gasteiger partial charge in [-0.15, -0.1) is 0 Å². The monoisotopic (exact) mass is 300 g/mol. The predicted octanol–water partition coefficient (Wildman–Crippen LogP) is 2.01. The predicted molar refractivity (Wildman–Crippen MR) is 87.3 cm³/mol. The number of carbonyl (C=O) groups is 1. The molecule has 0 saturated carbocycles. The summed E-state index contributed by atoms with van der Waals surface area (Å²) < 4.78 is 2.06. The molecular formula is C17H24N4O. The molecule has 3 rings (SSSR count). The van der Waals surface area contributed by atoms with Crippen LogP contribution in [0.4, 0.5) is 0 Å². The molecule has 0 radical (unpaired) electrons. The first kappa shape index (κ1) is 15.0. The summed E-state index contributed by atoms with van der Waals surface area (Å²) in [6.07, 6.45) is 4.53. The van der Waals surface area contributed by atoms with Crippen LogP contribution in [0.5, 0.6) is 0 Å². The van der Waals surface area contributed by atoms with Gasteiger partial charge in [0.25, 0.3) is 0 Å². The number of nitrogens with zero attached hydrogens (tertiary/aromatic N) is 3. The Hall–Kier alpha value is -1.88. The summed E-state index contributed by atoms with van der Waals surface area (Å²) in [5.41, 5.74) is 8.05. The maximum absolute atomic E-state index is 12.4. The molecule has 2 heterocycles. The number of imidazole rings is 1. The Morgan fingerprint density at radius 1 is 1.45 bits per heavy atom. The molecule has 1 fully saturated rings. The molecule has 1 saturated heterocycles. The molecule has 0 spiro atoms. The maximum atomic E-state index is 12.4. The molecule has 22 heavy (non-hydrogen) atoms. The molecule has 2 N–H and O–H groups in total. The molecule has 2 aromatic rings. The van der Waals surface area contributed by atoms with Gasteiger partial charge in [0.2, 0.25) is 5.91 Å². The third-order valence-corrected chi connectivity index (χ3v) is 4.65. The van der Waals surface area contributed by atoms with Gasteiger partial charge < -0.3 is 15.2 Å². The van der Waals surface area contributed by atoms with E-state index >= 15 is 0 Å². The Kier molecular flexibility index (Phi) is 4.43. The second kappa shape index (κ2) is 6.48. The minimum atomic E-state index is 0.160. The van der Waals surface area contributed by atoms with E-state index in [0.717, 1.165) is 37.0 Å². The summed E-state index contributed by atoms with van der Waals surface area (Å²) in [5, 5.41) is 0. The standard InChI is InChI=1S/C17H24N4O/c1-13(18)14-5-4-9-20(11-14)17(22)8-10-21-12-19-15-6-2-3-7-16(15)21/h2-3,6-7,12-14H,4-5,8-11,18H2,1H3. The number of hydrogen-bond donors (Lipinski definition) is 1. The number of piperidine rings is 1. The van der Waals surface area contributed by atoms with Crippen LogP contribution >= 0.6 is 0 Å². The van der Waals surface area contributed by atoms with Crippen LogP contribution in [0.3, 0.4) is 0 Å². The van der Waals surface area contributed by atoms with Crippen LogP contribution in [-0.4, -0.2) is 39.5 Å². The molecule has 1 amide bonds. The molecular weight excluding hydrogens is 276 g/mol. The number of fused-ring (bicyclic) bond motifs is 1. The average molecular weight is 300 g/mol. The topological polar surface area (TPSA) is 64.2 Å². The van der Waals surface area contributed by atoms with Crippen LogP contribution in [0.2, 0.25) is 0 Å². The molecule has 1 aliphatic heterocycles. The molecule has 118 valence electrons. The van der Waals surface area contributed by atoms with Crippen molar-refractivity contribution in [2.75, 3.05) is 13.1 Å². The smallest absolute Gasteiger partial charge is 0.224 e. The lowest BCUT2D eigenvalue weighted by Gasteiger charge is -2.34. The fourth-order valence-corrected chi connectivity index (χ4v) is 3.23. The van der Waals surface area contributed by atoms with Gasteiger partial charge in [-0.05, 0) is 37.8 Å². The van der Waals surface area contributed by atoms with E-state index in [1.54, 1.807) is 0 Å². The zero-order chi connectivity index (χ0) is 15.5. The quantitative estimate of drug-likeness (QED) is 0.939. The molecule has 5 nitrogen and oxygen atoms in total. The molecule has 1 aliphatic rings. The van der Waals surface area contributed by atoms with Crippen molar-refractivity contribution < 1.29 is 4.79 Å². The average Bonchev–Trinajstić information content (AvgIpc) is 2.96. The number of benzene rings is 1. The lowest BCUT2D eigenvalue weighted by atomic mass is 9.92. The number of para-hydroxylation sites is 2. The summed E-state index contributed by atoms with van der Waals surface area (Å²) in [6.45, 7) is 4.39. The fourth-order valence-electron chi connectivity index (χ4n) is 3.23. The lowest BCUT2D eigenvalue weighted by molar-refractivity contribution is -0.133. The van der Waals surface area contributed by atoms with Gasteiger partial charge in [-0.25, -0.2) is 4.98 Å². The first-order valence-electron chi connectivity index (χ1n) is 8.08. The molecule has 1 aromatic heterocycles. The fraction of sp³-hybridized carbons (Fsp3) is 0.529. The van der Waals surface area contributed by atoms with Gasteiger partial charge in [0.05, 0.1) is 17.4 Å². The molecule has 2 atom stereocenters. The van der Waals surface area contributed by atoms with Crippen molar-refractivity contribution in [3.8, 4) is 0 Å². The highest BCUT2D eigenvalue weighted by Gasteiger charge is 2.25. The summed E-state index contributed by atoms with van der Waals surface area (Å²) in [5.74, 6) is 0.662. The van der Waals surface area contributed by atoms with E-state index in [0.29, 0.717) is 18.9 Å². The second-order valence-electron chi connectivity index (χ2n) is 6.28. The number of aromatic nitrogens is 2. The Labute approximate surface area is 131 Å². The zero-order valence-electron chi connectivity index (χ0n) is 13.1. The van der Waals surface area contributed by atoms with E-state index in [2.05, 4.69) is 9.55 Å². The molecule has 2 unspecified atom stereocenters. The third-order valence-electron chi connectivity index (χ3n) is 4.65. The largest absolute Gasteiger partial charge is 0.342 e. The maximum Gasteiger partial charge on any atom is 0.224 e.